The van der Waals surface area contributed by atoms with Gasteiger partial charge in [0.05, 0.1) is 29.1 Å². The number of benzene rings is 3. The minimum absolute atomic E-state index is 0.0580. The lowest BCUT2D eigenvalue weighted by atomic mass is 9.97. The summed E-state index contributed by atoms with van der Waals surface area (Å²) in [7, 11) is 0. The first-order chi connectivity index (χ1) is 18.0. The molecule has 0 aliphatic heterocycles. The van der Waals surface area contributed by atoms with Crippen LogP contribution in [0.25, 0.3) is 16.8 Å². The van der Waals surface area contributed by atoms with E-state index in [9.17, 15) is 15.2 Å². The Labute approximate surface area is 218 Å². The molecule has 0 bridgehead atoms. The lowest BCUT2D eigenvalue weighted by Gasteiger charge is -2.18. The van der Waals surface area contributed by atoms with Crippen LogP contribution >= 0.6 is 0 Å². The van der Waals surface area contributed by atoms with Crippen molar-refractivity contribution in [1.82, 2.24) is 9.55 Å². The van der Waals surface area contributed by atoms with Crippen molar-refractivity contribution in [1.29, 1.82) is 5.26 Å². The molecule has 5 nitrogen and oxygen atoms in total. The fraction of sp³-hybridized carbons (Fsp3) is 0.281. The van der Waals surface area contributed by atoms with Gasteiger partial charge in [-0.1, -0.05) is 81.8 Å². The SMILES string of the molecule is CCCc1nc(CC)n(-c2cccc(C(O)CC)c2)c(=O)c1Cc1ccc(-c2ccccc2C#N)cc1. The molecule has 1 atom stereocenters. The van der Waals surface area contributed by atoms with Crippen LogP contribution in [0.15, 0.2) is 77.6 Å². The molecule has 0 aliphatic rings. The van der Waals surface area contributed by atoms with Crippen LogP contribution in [0.3, 0.4) is 0 Å². The van der Waals surface area contributed by atoms with Crippen LogP contribution in [0.1, 0.15) is 73.5 Å². The van der Waals surface area contributed by atoms with Crippen LogP contribution in [0.2, 0.25) is 0 Å². The zero-order chi connectivity index (χ0) is 26.4. The van der Waals surface area contributed by atoms with Gasteiger partial charge in [-0.3, -0.25) is 9.36 Å². The number of rotatable bonds is 9. The largest absolute Gasteiger partial charge is 0.388 e. The minimum Gasteiger partial charge on any atom is -0.388 e. The first-order valence-electron chi connectivity index (χ1n) is 13.0. The third-order valence-electron chi connectivity index (χ3n) is 6.73. The van der Waals surface area contributed by atoms with E-state index in [4.69, 9.17) is 4.98 Å². The van der Waals surface area contributed by atoms with Crippen LogP contribution in [0, 0.1) is 11.3 Å². The third-order valence-corrected chi connectivity index (χ3v) is 6.73. The number of nitriles is 1. The standard InChI is InChI=1S/C32H33N3O2/c1-4-10-29-28(19-22-15-17-23(18-16-22)27-14-8-7-11-25(27)21-33)32(37)35(31(6-3)34-29)26-13-9-12-24(20-26)30(36)5-2/h7-9,11-18,20,30,36H,4-6,10,19H2,1-3H3. The molecule has 1 heterocycles. The Kier molecular flexibility index (Phi) is 8.32. The first kappa shape index (κ1) is 26.1. The average molecular weight is 492 g/mol. The molecule has 1 unspecified atom stereocenters. The van der Waals surface area contributed by atoms with E-state index in [2.05, 4.69) is 13.0 Å². The second-order valence-electron chi connectivity index (χ2n) is 9.25. The van der Waals surface area contributed by atoms with Crippen LogP contribution in [0.4, 0.5) is 0 Å². The van der Waals surface area contributed by atoms with Gasteiger partial charge in [-0.25, -0.2) is 4.98 Å². The second kappa shape index (κ2) is 11.8. The van der Waals surface area contributed by atoms with E-state index >= 15 is 0 Å². The maximum Gasteiger partial charge on any atom is 0.261 e. The first-order valence-corrected chi connectivity index (χ1v) is 13.0. The van der Waals surface area contributed by atoms with Crippen LogP contribution in [-0.4, -0.2) is 14.7 Å². The van der Waals surface area contributed by atoms with Crippen molar-refractivity contribution < 1.29 is 5.11 Å². The molecule has 0 aliphatic carbocycles. The summed E-state index contributed by atoms with van der Waals surface area (Å²) < 4.78 is 1.71. The van der Waals surface area contributed by atoms with E-state index in [1.165, 1.54) is 0 Å². The van der Waals surface area contributed by atoms with Gasteiger partial charge in [0.2, 0.25) is 0 Å². The normalized spacial score (nSPS) is 11.8. The van der Waals surface area contributed by atoms with Gasteiger partial charge in [-0.05, 0) is 53.3 Å². The highest BCUT2D eigenvalue weighted by Crippen LogP contribution is 2.25. The predicted octanol–water partition coefficient (Wildman–Crippen LogP) is 6.32. The van der Waals surface area contributed by atoms with Crippen molar-refractivity contribution in [2.24, 2.45) is 0 Å². The summed E-state index contributed by atoms with van der Waals surface area (Å²) in [6.07, 6.45) is 2.77. The van der Waals surface area contributed by atoms with Crippen molar-refractivity contribution in [3.05, 3.63) is 117 Å². The molecule has 0 saturated carbocycles. The molecule has 0 radical (unpaired) electrons. The summed E-state index contributed by atoms with van der Waals surface area (Å²) in [5.74, 6) is 0.726. The van der Waals surface area contributed by atoms with E-state index in [-0.39, 0.29) is 5.56 Å². The summed E-state index contributed by atoms with van der Waals surface area (Å²) in [5, 5.41) is 19.8. The number of hydrogen-bond acceptors (Lipinski definition) is 4. The molecule has 4 rings (SSSR count). The molecule has 1 N–H and O–H groups in total. The van der Waals surface area contributed by atoms with Gasteiger partial charge in [0, 0.05) is 18.4 Å². The van der Waals surface area contributed by atoms with Gasteiger partial charge in [-0.2, -0.15) is 5.26 Å². The summed E-state index contributed by atoms with van der Waals surface area (Å²) in [6, 6.07) is 25.4. The van der Waals surface area contributed by atoms with E-state index < -0.39 is 6.10 Å². The van der Waals surface area contributed by atoms with E-state index in [1.807, 2.05) is 86.6 Å². The van der Waals surface area contributed by atoms with E-state index in [0.29, 0.717) is 30.4 Å². The van der Waals surface area contributed by atoms with Crippen LogP contribution in [-0.2, 0) is 19.3 Å². The Morgan fingerprint density at radius 2 is 1.76 bits per heavy atom. The number of aliphatic hydroxyl groups excluding tert-OH is 1. The summed E-state index contributed by atoms with van der Waals surface area (Å²) in [4.78, 5) is 19.0. The zero-order valence-electron chi connectivity index (χ0n) is 21.7. The molecule has 0 spiro atoms. The Hall–Kier alpha value is -4.01. The number of hydrogen-bond donors (Lipinski definition) is 1. The minimum atomic E-state index is -0.572. The maximum absolute atomic E-state index is 14.0. The Morgan fingerprint density at radius 1 is 1.00 bits per heavy atom. The van der Waals surface area contributed by atoms with Gasteiger partial charge in [0.25, 0.3) is 5.56 Å². The van der Waals surface area contributed by atoms with Gasteiger partial charge < -0.3 is 5.11 Å². The highest BCUT2D eigenvalue weighted by atomic mass is 16.3. The number of aryl methyl sites for hydroxylation is 2. The molecule has 0 amide bonds. The van der Waals surface area contributed by atoms with E-state index in [0.717, 1.165) is 52.3 Å². The molecular weight excluding hydrogens is 458 g/mol. The fourth-order valence-corrected chi connectivity index (χ4v) is 4.72. The molecule has 0 saturated heterocycles. The predicted molar refractivity (Wildman–Crippen MR) is 148 cm³/mol. The molecule has 5 heteroatoms. The Balaban J connectivity index is 1.78. The lowest BCUT2D eigenvalue weighted by Crippen LogP contribution is -2.29. The Bertz CT molecular complexity index is 1480. The highest BCUT2D eigenvalue weighted by Gasteiger charge is 2.18. The van der Waals surface area contributed by atoms with Gasteiger partial charge in [0.1, 0.15) is 5.82 Å². The van der Waals surface area contributed by atoms with Crippen molar-refractivity contribution >= 4 is 0 Å². The highest BCUT2D eigenvalue weighted by molar-refractivity contribution is 5.70. The van der Waals surface area contributed by atoms with Crippen molar-refractivity contribution in [3.8, 4) is 22.9 Å². The van der Waals surface area contributed by atoms with Crippen molar-refractivity contribution in [2.75, 3.05) is 0 Å². The fourth-order valence-electron chi connectivity index (χ4n) is 4.72. The van der Waals surface area contributed by atoms with Crippen LogP contribution in [0.5, 0.6) is 0 Å². The monoisotopic (exact) mass is 491 g/mol. The van der Waals surface area contributed by atoms with Gasteiger partial charge in [0.15, 0.2) is 0 Å². The Morgan fingerprint density at radius 3 is 2.43 bits per heavy atom. The third kappa shape index (κ3) is 5.55. The van der Waals surface area contributed by atoms with E-state index in [1.54, 1.807) is 4.57 Å². The summed E-state index contributed by atoms with van der Waals surface area (Å²) >= 11 is 0. The smallest absolute Gasteiger partial charge is 0.261 e. The number of nitrogens with zero attached hydrogens (tertiary/aromatic N) is 3. The van der Waals surface area contributed by atoms with Crippen molar-refractivity contribution in [2.45, 2.75) is 59.0 Å². The van der Waals surface area contributed by atoms with Gasteiger partial charge in [-0.15, -0.1) is 0 Å². The number of aromatic nitrogens is 2. The average Bonchev–Trinajstić information content (AvgIpc) is 2.94. The molecule has 1 aromatic heterocycles. The van der Waals surface area contributed by atoms with Gasteiger partial charge >= 0.3 is 0 Å². The lowest BCUT2D eigenvalue weighted by molar-refractivity contribution is 0.173. The molecule has 3 aromatic carbocycles. The summed E-state index contributed by atoms with van der Waals surface area (Å²) in [5.41, 5.74) is 6.53. The van der Waals surface area contributed by atoms with Crippen LogP contribution < -0.4 is 5.56 Å². The molecular formula is C32H33N3O2. The molecule has 0 fully saturated rings. The zero-order valence-corrected chi connectivity index (χ0v) is 21.7. The summed E-state index contributed by atoms with van der Waals surface area (Å²) in [6.45, 7) is 6.04. The molecule has 4 aromatic rings. The second-order valence-corrected chi connectivity index (χ2v) is 9.25. The molecule has 188 valence electrons. The molecule has 37 heavy (non-hydrogen) atoms. The maximum atomic E-state index is 14.0. The van der Waals surface area contributed by atoms with Crippen molar-refractivity contribution in [3.63, 3.8) is 0 Å². The quantitative estimate of drug-likeness (QED) is 0.297. The topological polar surface area (TPSA) is 78.9 Å². The number of aliphatic hydroxyl groups is 1.